The van der Waals surface area contributed by atoms with E-state index in [4.69, 9.17) is 0 Å². The predicted octanol–water partition coefficient (Wildman–Crippen LogP) is 1.48. The molecule has 1 aromatic rings. The lowest BCUT2D eigenvalue weighted by atomic mass is 10.0. The minimum Gasteiger partial charge on any atom is -0.352 e. The van der Waals surface area contributed by atoms with E-state index in [9.17, 15) is 14.9 Å². The second-order valence-electron chi connectivity index (χ2n) is 6.42. The second kappa shape index (κ2) is 8.06. The van der Waals surface area contributed by atoms with Gasteiger partial charge in [0.05, 0.1) is 24.1 Å². The maximum atomic E-state index is 12.1. The summed E-state index contributed by atoms with van der Waals surface area (Å²) in [6.45, 7) is 6.91. The first kappa shape index (κ1) is 17.4. The highest BCUT2D eigenvalue weighted by atomic mass is 16.6. The van der Waals surface area contributed by atoms with Crippen molar-refractivity contribution in [2.75, 3.05) is 19.6 Å². The van der Waals surface area contributed by atoms with Crippen molar-refractivity contribution in [2.24, 2.45) is 0 Å². The van der Waals surface area contributed by atoms with Crippen molar-refractivity contribution in [3.63, 3.8) is 0 Å². The smallest absolute Gasteiger partial charge is 0.272 e. The van der Waals surface area contributed by atoms with Gasteiger partial charge in [-0.3, -0.25) is 14.9 Å². The Bertz CT molecular complexity index is 574. The number of nitrogens with zero attached hydrogens (tertiary/aromatic N) is 1. The molecule has 0 radical (unpaired) electrons. The quantitative estimate of drug-likeness (QED) is 0.473. The van der Waals surface area contributed by atoms with Gasteiger partial charge in [-0.25, -0.2) is 0 Å². The maximum absolute atomic E-state index is 12.1. The number of rotatable bonds is 6. The van der Waals surface area contributed by atoms with Gasteiger partial charge in [-0.05, 0) is 45.2 Å². The highest BCUT2D eigenvalue weighted by molar-refractivity contribution is 5.94. The van der Waals surface area contributed by atoms with Gasteiger partial charge in [0.25, 0.3) is 11.6 Å². The molecular formula is C17H26N3O3+. The lowest BCUT2D eigenvalue weighted by Crippen LogP contribution is -3.16. The first-order chi connectivity index (χ1) is 11.0. The number of nitrogens with one attached hydrogen (secondary N) is 2. The normalized spacial score (nSPS) is 21.0. The molecule has 1 heterocycles. The Labute approximate surface area is 137 Å². The zero-order chi connectivity index (χ0) is 16.8. The summed E-state index contributed by atoms with van der Waals surface area (Å²) in [6, 6.07) is 5.20. The average molecular weight is 320 g/mol. The Balaban J connectivity index is 1.78. The molecule has 2 atom stereocenters. The molecule has 1 saturated heterocycles. The van der Waals surface area contributed by atoms with Crippen LogP contribution in [0.15, 0.2) is 18.2 Å². The molecule has 126 valence electrons. The van der Waals surface area contributed by atoms with E-state index in [2.05, 4.69) is 12.2 Å². The third-order valence-electron chi connectivity index (χ3n) is 4.70. The Kier molecular flexibility index (Phi) is 6.10. The fourth-order valence-corrected chi connectivity index (χ4v) is 3.25. The molecule has 1 amide bonds. The number of nitro benzene ring substituents is 1. The van der Waals surface area contributed by atoms with Gasteiger partial charge in [0.2, 0.25) is 0 Å². The lowest BCUT2D eigenvalue weighted by molar-refractivity contribution is -0.928. The molecule has 0 spiro atoms. The zero-order valence-electron chi connectivity index (χ0n) is 13.9. The van der Waals surface area contributed by atoms with Gasteiger partial charge in [-0.15, -0.1) is 0 Å². The number of nitro groups is 1. The number of piperidine rings is 1. The van der Waals surface area contributed by atoms with Crippen molar-refractivity contribution in [1.82, 2.24) is 5.32 Å². The van der Waals surface area contributed by atoms with Gasteiger partial charge >= 0.3 is 0 Å². The molecule has 0 bridgehead atoms. The molecule has 23 heavy (non-hydrogen) atoms. The Hall–Kier alpha value is -1.95. The number of hydrogen-bond donors (Lipinski definition) is 2. The molecule has 1 fully saturated rings. The van der Waals surface area contributed by atoms with Crippen LogP contribution in [0.5, 0.6) is 0 Å². The van der Waals surface area contributed by atoms with Crippen molar-refractivity contribution >= 4 is 11.6 Å². The number of hydrogen-bond acceptors (Lipinski definition) is 3. The zero-order valence-corrected chi connectivity index (χ0v) is 13.9. The molecule has 0 saturated carbocycles. The fraction of sp³-hybridized carbons (Fsp3) is 0.588. The molecule has 2 N–H and O–H groups in total. The lowest BCUT2D eigenvalue weighted by Gasteiger charge is -2.30. The standard InChI is InChI=1S/C17H25N3O3/c1-13-12-15(7-8-16(13)20(22)23)17(21)18-9-5-11-19-10-4-3-6-14(19)2/h7-8,12,14H,3-6,9-11H2,1-2H3,(H,18,21)/p+1/t14-/m1/s1. The highest BCUT2D eigenvalue weighted by Gasteiger charge is 2.21. The van der Waals surface area contributed by atoms with Crippen LogP contribution in [0.4, 0.5) is 5.69 Å². The van der Waals surface area contributed by atoms with Crippen LogP contribution in [-0.4, -0.2) is 36.5 Å². The third-order valence-corrected chi connectivity index (χ3v) is 4.70. The summed E-state index contributed by atoms with van der Waals surface area (Å²) in [6.07, 6.45) is 4.89. The summed E-state index contributed by atoms with van der Waals surface area (Å²) in [5, 5.41) is 13.7. The van der Waals surface area contributed by atoms with Crippen molar-refractivity contribution in [3.05, 3.63) is 39.4 Å². The van der Waals surface area contributed by atoms with Gasteiger partial charge < -0.3 is 10.2 Å². The van der Waals surface area contributed by atoms with Gasteiger partial charge in [-0.1, -0.05) is 0 Å². The van der Waals surface area contributed by atoms with Crippen LogP contribution in [0.3, 0.4) is 0 Å². The van der Waals surface area contributed by atoms with E-state index < -0.39 is 4.92 Å². The largest absolute Gasteiger partial charge is 0.352 e. The Morgan fingerprint density at radius 2 is 2.22 bits per heavy atom. The number of likely N-dealkylation sites (tertiary alicyclic amines) is 1. The van der Waals surface area contributed by atoms with Crippen LogP contribution >= 0.6 is 0 Å². The number of benzene rings is 1. The van der Waals surface area contributed by atoms with Crippen LogP contribution in [-0.2, 0) is 0 Å². The summed E-state index contributed by atoms with van der Waals surface area (Å²) in [4.78, 5) is 24.1. The molecular weight excluding hydrogens is 294 g/mol. The predicted molar refractivity (Wildman–Crippen MR) is 88.8 cm³/mol. The maximum Gasteiger partial charge on any atom is 0.272 e. The number of amides is 1. The average Bonchev–Trinajstić information content (AvgIpc) is 2.52. The van der Waals surface area contributed by atoms with Crippen LogP contribution in [0.25, 0.3) is 0 Å². The molecule has 1 aliphatic heterocycles. The summed E-state index contributed by atoms with van der Waals surface area (Å²) < 4.78 is 0. The molecule has 0 aliphatic carbocycles. The summed E-state index contributed by atoms with van der Waals surface area (Å²) in [5.74, 6) is -0.162. The third kappa shape index (κ3) is 4.76. The van der Waals surface area contributed by atoms with Gasteiger partial charge in [0.1, 0.15) is 0 Å². The molecule has 1 aliphatic rings. The Morgan fingerprint density at radius 1 is 1.43 bits per heavy atom. The van der Waals surface area contributed by atoms with Crippen molar-refractivity contribution in [2.45, 2.75) is 45.6 Å². The fourth-order valence-electron chi connectivity index (χ4n) is 3.25. The van der Waals surface area contributed by atoms with E-state index >= 15 is 0 Å². The molecule has 6 heteroatoms. The number of carbonyl (C=O) groups excluding carboxylic acids is 1. The summed E-state index contributed by atoms with van der Waals surface area (Å²) in [5.41, 5.74) is 1.03. The van der Waals surface area contributed by atoms with Gasteiger partial charge in [0, 0.05) is 30.2 Å². The summed E-state index contributed by atoms with van der Waals surface area (Å²) in [7, 11) is 0. The minimum atomic E-state index is -0.431. The number of aryl methyl sites for hydroxylation is 1. The van der Waals surface area contributed by atoms with Crippen molar-refractivity contribution in [1.29, 1.82) is 0 Å². The van der Waals surface area contributed by atoms with Gasteiger partial charge in [-0.2, -0.15) is 0 Å². The van der Waals surface area contributed by atoms with E-state index in [1.807, 2.05) is 0 Å². The SMILES string of the molecule is Cc1cc(C(=O)NCCC[NH+]2CCCC[C@H]2C)ccc1[N+](=O)[O-]. The molecule has 2 rings (SSSR count). The van der Waals surface area contributed by atoms with Crippen LogP contribution in [0.2, 0.25) is 0 Å². The molecule has 0 aromatic heterocycles. The first-order valence-corrected chi connectivity index (χ1v) is 8.37. The van der Waals surface area contributed by atoms with E-state index in [1.165, 1.54) is 37.9 Å². The monoisotopic (exact) mass is 320 g/mol. The minimum absolute atomic E-state index is 0.0456. The number of carbonyl (C=O) groups is 1. The highest BCUT2D eigenvalue weighted by Crippen LogP contribution is 2.18. The first-order valence-electron chi connectivity index (χ1n) is 8.37. The second-order valence-corrected chi connectivity index (χ2v) is 6.42. The van der Waals surface area contributed by atoms with Crippen molar-refractivity contribution in [3.8, 4) is 0 Å². The van der Waals surface area contributed by atoms with Crippen LogP contribution in [0.1, 0.15) is 48.5 Å². The molecule has 1 unspecified atom stereocenters. The van der Waals surface area contributed by atoms with E-state index in [0.29, 0.717) is 17.7 Å². The van der Waals surface area contributed by atoms with Crippen molar-refractivity contribution < 1.29 is 14.6 Å². The van der Waals surface area contributed by atoms with Crippen LogP contribution in [0, 0.1) is 17.0 Å². The molecule has 1 aromatic carbocycles. The van der Waals surface area contributed by atoms with E-state index in [-0.39, 0.29) is 11.6 Å². The molecule has 6 nitrogen and oxygen atoms in total. The number of quaternary nitrogens is 1. The van der Waals surface area contributed by atoms with Gasteiger partial charge in [0.15, 0.2) is 0 Å². The topological polar surface area (TPSA) is 76.7 Å². The Morgan fingerprint density at radius 3 is 2.87 bits per heavy atom. The van der Waals surface area contributed by atoms with Crippen LogP contribution < -0.4 is 10.2 Å². The summed E-state index contributed by atoms with van der Waals surface area (Å²) >= 11 is 0. The van der Waals surface area contributed by atoms with E-state index in [1.54, 1.807) is 17.9 Å². The van der Waals surface area contributed by atoms with E-state index in [0.717, 1.165) is 19.0 Å².